The van der Waals surface area contributed by atoms with Crippen molar-refractivity contribution in [3.63, 3.8) is 0 Å². The Hall–Kier alpha value is -2.33. The van der Waals surface area contributed by atoms with Crippen LogP contribution in [0.25, 0.3) is 0 Å². The number of ketones is 1. The maximum absolute atomic E-state index is 12.4. The topological polar surface area (TPSA) is 148 Å². The van der Waals surface area contributed by atoms with Crippen molar-refractivity contribution < 1.29 is 51.6 Å². The van der Waals surface area contributed by atoms with Crippen LogP contribution in [0.2, 0.25) is 0 Å². The number of rotatable bonds is 14. The van der Waals surface area contributed by atoms with Gasteiger partial charge < -0.3 is 15.3 Å². The van der Waals surface area contributed by atoms with Gasteiger partial charge >= 0.3 is 35.0 Å². The summed E-state index contributed by atoms with van der Waals surface area (Å²) in [5, 5.41) is 28.9. The molecule has 0 bridgehead atoms. The van der Waals surface area contributed by atoms with Crippen LogP contribution >= 0.6 is 0 Å². The second-order valence-corrected chi connectivity index (χ2v) is 9.12. The van der Waals surface area contributed by atoms with Crippen molar-refractivity contribution in [1.29, 1.82) is 0 Å². The van der Waals surface area contributed by atoms with Gasteiger partial charge in [-0.25, -0.2) is 0 Å². The predicted molar refractivity (Wildman–Crippen MR) is 123 cm³/mol. The van der Waals surface area contributed by atoms with E-state index in [0.717, 1.165) is 12.8 Å². The maximum Gasteiger partial charge on any atom is 2.00 e. The normalized spacial score (nSPS) is 18.8. The number of carbonyl (C=O) groups is 4. The molecule has 0 aromatic carbocycles. The molecule has 2 unspecified atom stereocenters. The largest absolute Gasteiger partial charge is 2.00 e. The SMILES string of the molecule is CC(C)C(=O)CCC(C(=O)O)N(Cc1ccccn1)[C@H]1CCCCC1N(CC(=O)O)CC(=O)O.[Mn+2]. The molecule has 11 heteroatoms. The molecule has 1 aliphatic carbocycles. The summed E-state index contributed by atoms with van der Waals surface area (Å²) < 4.78 is 0. The second-order valence-electron chi connectivity index (χ2n) is 9.12. The molecule has 0 aliphatic heterocycles. The van der Waals surface area contributed by atoms with Crippen molar-refractivity contribution in [1.82, 2.24) is 14.8 Å². The molecular formula is C24H35MnN3O7+2. The average molecular weight is 532 g/mol. The van der Waals surface area contributed by atoms with E-state index in [-0.39, 0.29) is 48.2 Å². The standard InChI is InChI=1S/C24H35N3O7.Mn/c1-16(2)21(28)11-10-20(24(33)34)27(13-17-7-5-6-12-25-17)19-9-4-3-8-18(19)26(14-22(29)30)15-23(31)32;/h5-7,12,16,18-20H,3-4,8-11,13-15H2,1-2H3,(H,29,30)(H,31,32)(H,33,34);/q;+2/t18?,19-,20?;/m0./s1. The number of Topliss-reactive ketones (excluding diaryl/α,β-unsaturated/α-hetero) is 1. The fourth-order valence-corrected chi connectivity index (χ4v) is 4.68. The Morgan fingerprint density at radius 3 is 2.09 bits per heavy atom. The average Bonchev–Trinajstić information content (AvgIpc) is 2.77. The molecule has 1 aliphatic rings. The molecule has 1 fully saturated rings. The van der Waals surface area contributed by atoms with Gasteiger partial charge in [0.2, 0.25) is 0 Å². The minimum Gasteiger partial charge on any atom is -0.480 e. The van der Waals surface area contributed by atoms with Crippen molar-refractivity contribution in [3.8, 4) is 0 Å². The van der Waals surface area contributed by atoms with Crippen LogP contribution in [-0.4, -0.2) is 85.0 Å². The summed E-state index contributed by atoms with van der Waals surface area (Å²) in [6.45, 7) is 2.85. The van der Waals surface area contributed by atoms with E-state index in [4.69, 9.17) is 0 Å². The summed E-state index contributed by atoms with van der Waals surface area (Å²) in [5.74, 6) is -3.58. The van der Waals surface area contributed by atoms with Crippen LogP contribution in [0, 0.1) is 5.92 Å². The summed E-state index contributed by atoms with van der Waals surface area (Å²) in [7, 11) is 0. The molecule has 10 nitrogen and oxygen atoms in total. The Kier molecular flexibility index (Phi) is 13.1. The number of carboxylic acids is 3. The Morgan fingerprint density at radius 2 is 1.60 bits per heavy atom. The van der Waals surface area contributed by atoms with Crippen LogP contribution in [-0.2, 0) is 42.8 Å². The first-order chi connectivity index (χ1) is 16.1. The van der Waals surface area contributed by atoms with Gasteiger partial charge in [-0.2, -0.15) is 0 Å². The molecule has 1 aromatic rings. The number of hydrogen-bond donors (Lipinski definition) is 3. The molecule has 1 saturated carbocycles. The third kappa shape index (κ3) is 9.68. The zero-order valence-corrected chi connectivity index (χ0v) is 21.4. The summed E-state index contributed by atoms with van der Waals surface area (Å²) in [6, 6.07) is 3.51. The van der Waals surface area contributed by atoms with Crippen molar-refractivity contribution in [2.45, 2.75) is 77.0 Å². The fourth-order valence-electron chi connectivity index (χ4n) is 4.68. The molecule has 1 aromatic heterocycles. The Balaban J connectivity index is 0.00000612. The molecule has 3 N–H and O–H groups in total. The zero-order valence-electron chi connectivity index (χ0n) is 20.2. The molecule has 0 spiro atoms. The van der Waals surface area contributed by atoms with E-state index in [1.165, 1.54) is 4.90 Å². The molecule has 1 heterocycles. The summed E-state index contributed by atoms with van der Waals surface area (Å²) in [5.41, 5.74) is 0.649. The number of carboxylic acid groups (broad SMARTS) is 3. The first kappa shape index (κ1) is 30.7. The molecule has 0 saturated heterocycles. The van der Waals surface area contributed by atoms with Crippen molar-refractivity contribution in [3.05, 3.63) is 30.1 Å². The van der Waals surface area contributed by atoms with E-state index in [1.54, 1.807) is 43.1 Å². The van der Waals surface area contributed by atoms with E-state index in [9.17, 15) is 34.5 Å². The smallest absolute Gasteiger partial charge is 0.480 e. The van der Waals surface area contributed by atoms with Crippen LogP contribution in [0.5, 0.6) is 0 Å². The van der Waals surface area contributed by atoms with Gasteiger partial charge in [0.1, 0.15) is 11.8 Å². The van der Waals surface area contributed by atoms with Gasteiger partial charge in [0.05, 0.1) is 18.8 Å². The van der Waals surface area contributed by atoms with Gasteiger partial charge in [-0.1, -0.05) is 32.8 Å². The van der Waals surface area contributed by atoms with Gasteiger partial charge in [0.25, 0.3) is 0 Å². The van der Waals surface area contributed by atoms with Gasteiger partial charge in [-0.05, 0) is 31.4 Å². The number of carbonyl (C=O) groups excluding carboxylic acids is 1. The summed E-state index contributed by atoms with van der Waals surface area (Å²) >= 11 is 0. The molecule has 35 heavy (non-hydrogen) atoms. The Morgan fingerprint density at radius 1 is 1.00 bits per heavy atom. The number of pyridine rings is 1. The molecule has 2 rings (SSSR count). The van der Waals surface area contributed by atoms with Crippen molar-refractivity contribution in [2.75, 3.05) is 13.1 Å². The van der Waals surface area contributed by atoms with Gasteiger partial charge in [-0.15, -0.1) is 0 Å². The minimum atomic E-state index is -1.14. The van der Waals surface area contributed by atoms with Crippen LogP contribution in [0.4, 0.5) is 0 Å². The molecule has 193 valence electrons. The summed E-state index contributed by atoms with van der Waals surface area (Å²) in [6.07, 6.45) is 4.59. The van der Waals surface area contributed by atoms with E-state index in [2.05, 4.69) is 4.98 Å². The zero-order chi connectivity index (χ0) is 25.3. The van der Waals surface area contributed by atoms with E-state index >= 15 is 0 Å². The summed E-state index contributed by atoms with van der Waals surface area (Å²) in [4.78, 5) is 55.2. The number of aromatic nitrogens is 1. The van der Waals surface area contributed by atoms with E-state index < -0.39 is 49.1 Å². The van der Waals surface area contributed by atoms with Crippen molar-refractivity contribution in [2.24, 2.45) is 5.92 Å². The number of hydrogen-bond acceptors (Lipinski definition) is 7. The third-order valence-electron chi connectivity index (χ3n) is 6.33. The molecule has 3 atom stereocenters. The minimum absolute atomic E-state index is 0. The first-order valence-electron chi connectivity index (χ1n) is 11.7. The van der Waals surface area contributed by atoms with E-state index in [0.29, 0.717) is 18.5 Å². The number of nitrogens with zero attached hydrogens (tertiary/aromatic N) is 3. The van der Waals surface area contributed by atoms with Crippen LogP contribution in [0.15, 0.2) is 24.4 Å². The predicted octanol–water partition coefficient (Wildman–Crippen LogP) is 2.12. The monoisotopic (exact) mass is 532 g/mol. The third-order valence-corrected chi connectivity index (χ3v) is 6.33. The van der Waals surface area contributed by atoms with Gasteiger partial charge in [0.15, 0.2) is 0 Å². The van der Waals surface area contributed by atoms with Gasteiger partial charge in [-0.3, -0.25) is 34.0 Å². The van der Waals surface area contributed by atoms with Crippen LogP contribution in [0.3, 0.4) is 0 Å². The van der Waals surface area contributed by atoms with E-state index in [1.807, 2.05) is 0 Å². The maximum atomic E-state index is 12.4. The molecular weight excluding hydrogens is 497 g/mol. The van der Waals surface area contributed by atoms with Crippen LogP contribution < -0.4 is 0 Å². The van der Waals surface area contributed by atoms with Crippen molar-refractivity contribution >= 4 is 23.7 Å². The van der Waals surface area contributed by atoms with Gasteiger partial charge in [0, 0.05) is 37.2 Å². The Labute approximate surface area is 216 Å². The fraction of sp³-hybridized carbons (Fsp3) is 0.625. The quantitative estimate of drug-likeness (QED) is 0.304. The molecule has 0 amide bonds. The molecule has 1 radical (unpaired) electrons. The number of aliphatic carboxylic acids is 3. The first-order valence-corrected chi connectivity index (χ1v) is 11.7. The second kappa shape index (κ2) is 14.9. The Bertz CT molecular complexity index is 837. The van der Waals surface area contributed by atoms with Crippen LogP contribution in [0.1, 0.15) is 58.1 Å².